The molecule has 3 aliphatic rings. The van der Waals surface area contributed by atoms with Crippen LogP contribution in [0.2, 0.25) is 0 Å². The van der Waals surface area contributed by atoms with E-state index in [0.717, 1.165) is 25.5 Å². The minimum atomic E-state index is -3.00. The summed E-state index contributed by atoms with van der Waals surface area (Å²) in [6.45, 7) is 6.34. The second kappa shape index (κ2) is 8.01. The van der Waals surface area contributed by atoms with Crippen LogP contribution in [0.1, 0.15) is 32.1 Å². The maximum absolute atomic E-state index is 11.8. The molecule has 0 aromatic rings. The average Bonchev–Trinajstić information content (AvgIpc) is 3.19. The Bertz CT molecular complexity index is 545. The molecule has 3 saturated heterocycles. The first-order valence-corrected chi connectivity index (χ1v) is 10.9. The molecular weight excluding hydrogens is 326 g/mol. The largest absolute Gasteiger partial charge is 0.355 e. The van der Waals surface area contributed by atoms with Gasteiger partial charge < -0.3 is 10.2 Å². The van der Waals surface area contributed by atoms with Gasteiger partial charge in [-0.2, -0.15) is 0 Å². The van der Waals surface area contributed by atoms with Gasteiger partial charge in [-0.15, -0.1) is 0 Å². The highest BCUT2D eigenvalue weighted by Crippen LogP contribution is 2.20. The molecule has 0 bridgehead atoms. The van der Waals surface area contributed by atoms with Gasteiger partial charge in [-0.1, -0.05) is 6.42 Å². The molecule has 0 aromatic heterocycles. The van der Waals surface area contributed by atoms with Crippen LogP contribution in [0.4, 0.5) is 0 Å². The molecule has 7 nitrogen and oxygen atoms in total. The number of aliphatic imine (C=N–C) groups is 1. The van der Waals surface area contributed by atoms with E-state index in [1.807, 2.05) is 7.05 Å². The summed E-state index contributed by atoms with van der Waals surface area (Å²) in [5, 5.41) is 3.35. The predicted octanol–water partition coefficient (Wildman–Crippen LogP) is 0.158. The summed E-state index contributed by atoms with van der Waals surface area (Å²) in [5.74, 6) is 1.21. The highest BCUT2D eigenvalue weighted by Gasteiger charge is 2.31. The van der Waals surface area contributed by atoms with Gasteiger partial charge in [0.1, 0.15) is 0 Å². The van der Waals surface area contributed by atoms with Crippen LogP contribution in [-0.2, 0) is 10.0 Å². The van der Waals surface area contributed by atoms with Gasteiger partial charge in [0.05, 0.1) is 5.75 Å². The Morgan fingerprint density at radius 2 is 1.92 bits per heavy atom. The fraction of sp³-hybridized carbons (Fsp3) is 0.938. The molecule has 0 radical (unpaired) electrons. The lowest BCUT2D eigenvalue weighted by Gasteiger charge is -2.32. The van der Waals surface area contributed by atoms with Crippen molar-refractivity contribution in [1.29, 1.82) is 0 Å². The van der Waals surface area contributed by atoms with E-state index in [0.29, 0.717) is 31.4 Å². The zero-order valence-electron chi connectivity index (χ0n) is 14.8. The highest BCUT2D eigenvalue weighted by molar-refractivity contribution is 7.89. The molecule has 1 atom stereocenters. The van der Waals surface area contributed by atoms with Crippen LogP contribution in [0.15, 0.2) is 4.99 Å². The molecule has 0 spiro atoms. The summed E-state index contributed by atoms with van der Waals surface area (Å²) in [6, 6.07) is 0.641. The minimum absolute atomic E-state index is 0.297. The third-order valence-corrected chi connectivity index (χ3v) is 7.39. The third-order valence-electron chi connectivity index (χ3n) is 5.43. The van der Waals surface area contributed by atoms with Gasteiger partial charge in [0.2, 0.25) is 10.0 Å². The Labute approximate surface area is 146 Å². The number of sulfonamides is 1. The summed E-state index contributed by atoms with van der Waals surface area (Å²) in [7, 11) is -1.19. The van der Waals surface area contributed by atoms with E-state index in [9.17, 15) is 8.42 Å². The van der Waals surface area contributed by atoms with Crippen molar-refractivity contribution in [2.75, 3.05) is 58.6 Å². The molecule has 138 valence electrons. The quantitative estimate of drug-likeness (QED) is 0.573. The van der Waals surface area contributed by atoms with Gasteiger partial charge in [0, 0.05) is 45.8 Å². The summed E-state index contributed by atoms with van der Waals surface area (Å²) in [6.07, 6.45) is 5.97. The van der Waals surface area contributed by atoms with Crippen molar-refractivity contribution in [3.05, 3.63) is 0 Å². The molecule has 3 heterocycles. The van der Waals surface area contributed by atoms with Gasteiger partial charge in [-0.25, -0.2) is 12.7 Å². The molecule has 3 aliphatic heterocycles. The third kappa shape index (κ3) is 4.21. The minimum Gasteiger partial charge on any atom is -0.355 e. The number of nitrogens with zero attached hydrogens (tertiary/aromatic N) is 4. The lowest BCUT2D eigenvalue weighted by molar-refractivity contribution is 0.168. The first-order valence-electron chi connectivity index (χ1n) is 9.27. The Hall–Kier alpha value is -0.860. The number of hydrogen-bond donors (Lipinski definition) is 1. The molecule has 0 amide bonds. The molecule has 3 fully saturated rings. The van der Waals surface area contributed by atoms with Gasteiger partial charge in [-0.05, 0) is 38.8 Å². The van der Waals surface area contributed by atoms with Crippen molar-refractivity contribution in [3.63, 3.8) is 0 Å². The monoisotopic (exact) mass is 357 g/mol. The van der Waals surface area contributed by atoms with Crippen LogP contribution >= 0.6 is 0 Å². The van der Waals surface area contributed by atoms with Crippen LogP contribution in [0.3, 0.4) is 0 Å². The van der Waals surface area contributed by atoms with Gasteiger partial charge in [0.15, 0.2) is 5.96 Å². The molecule has 3 rings (SSSR count). The average molecular weight is 358 g/mol. The number of guanidine groups is 1. The number of piperidine rings is 1. The first-order chi connectivity index (χ1) is 11.6. The number of nitrogens with one attached hydrogen (secondary N) is 1. The molecule has 24 heavy (non-hydrogen) atoms. The van der Waals surface area contributed by atoms with Crippen molar-refractivity contribution >= 4 is 16.0 Å². The zero-order valence-corrected chi connectivity index (χ0v) is 15.6. The van der Waals surface area contributed by atoms with E-state index < -0.39 is 10.0 Å². The summed E-state index contributed by atoms with van der Waals surface area (Å²) in [5.41, 5.74) is 0. The Morgan fingerprint density at radius 1 is 1.12 bits per heavy atom. The fourth-order valence-electron chi connectivity index (χ4n) is 4.08. The SMILES string of the molecule is CN=C(NCCN1CCCS1(=O)=O)N1CCC(N2CCCCC2)C1. The maximum atomic E-state index is 11.8. The summed E-state index contributed by atoms with van der Waals surface area (Å²) >= 11 is 0. The van der Waals surface area contributed by atoms with Crippen LogP contribution in [-0.4, -0.2) is 93.1 Å². The van der Waals surface area contributed by atoms with Crippen LogP contribution < -0.4 is 5.32 Å². The molecule has 1 unspecified atom stereocenters. The summed E-state index contributed by atoms with van der Waals surface area (Å²) in [4.78, 5) is 9.34. The first kappa shape index (κ1) is 17.9. The van der Waals surface area contributed by atoms with Crippen LogP contribution in [0.25, 0.3) is 0 Å². The van der Waals surface area contributed by atoms with E-state index in [-0.39, 0.29) is 0 Å². The summed E-state index contributed by atoms with van der Waals surface area (Å²) < 4.78 is 25.3. The molecule has 1 N–H and O–H groups in total. The van der Waals surface area contributed by atoms with E-state index >= 15 is 0 Å². The second-order valence-corrected chi connectivity index (χ2v) is 9.12. The number of likely N-dealkylation sites (tertiary alicyclic amines) is 2. The van der Waals surface area contributed by atoms with Gasteiger partial charge in [-0.3, -0.25) is 9.89 Å². The number of hydrogen-bond acceptors (Lipinski definition) is 4. The zero-order chi connectivity index (χ0) is 17.0. The predicted molar refractivity (Wildman–Crippen MR) is 96.7 cm³/mol. The smallest absolute Gasteiger partial charge is 0.214 e. The topological polar surface area (TPSA) is 68.2 Å². The van der Waals surface area contributed by atoms with E-state index in [1.165, 1.54) is 38.8 Å². The Morgan fingerprint density at radius 3 is 2.58 bits per heavy atom. The maximum Gasteiger partial charge on any atom is 0.214 e. The van der Waals surface area contributed by atoms with Crippen molar-refractivity contribution in [1.82, 2.24) is 19.4 Å². The van der Waals surface area contributed by atoms with Crippen LogP contribution in [0, 0.1) is 0 Å². The van der Waals surface area contributed by atoms with Crippen molar-refractivity contribution < 1.29 is 8.42 Å². The van der Waals surface area contributed by atoms with Crippen molar-refractivity contribution in [3.8, 4) is 0 Å². The lowest BCUT2D eigenvalue weighted by atomic mass is 10.1. The Kier molecular flexibility index (Phi) is 5.99. The highest BCUT2D eigenvalue weighted by atomic mass is 32.2. The molecule has 8 heteroatoms. The van der Waals surface area contributed by atoms with Crippen molar-refractivity contribution in [2.24, 2.45) is 4.99 Å². The fourth-order valence-corrected chi connectivity index (χ4v) is 5.61. The van der Waals surface area contributed by atoms with E-state index in [4.69, 9.17) is 0 Å². The Balaban J connectivity index is 1.45. The van der Waals surface area contributed by atoms with E-state index in [2.05, 4.69) is 20.1 Å². The molecule has 0 saturated carbocycles. The van der Waals surface area contributed by atoms with Gasteiger partial charge in [0.25, 0.3) is 0 Å². The van der Waals surface area contributed by atoms with Crippen molar-refractivity contribution in [2.45, 2.75) is 38.1 Å². The standard InChI is InChI=1S/C16H31N5O2S/c1-17-16(18-7-12-21-10-5-13-24(21,22)23)20-11-6-15(14-20)19-8-3-2-4-9-19/h15H,2-14H2,1H3,(H,17,18). The van der Waals surface area contributed by atoms with Gasteiger partial charge >= 0.3 is 0 Å². The van der Waals surface area contributed by atoms with E-state index in [1.54, 1.807) is 4.31 Å². The normalized spacial score (nSPS) is 29.3. The molecule has 0 aromatic carbocycles. The molecule has 0 aliphatic carbocycles. The second-order valence-electron chi connectivity index (χ2n) is 7.03. The number of rotatable bonds is 4. The van der Waals surface area contributed by atoms with Crippen LogP contribution in [0.5, 0.6) is 0 Å². The lowest BCUT2D eigenvalue weighted by Crippen LogP contribution is -2.46. The molecular formula is C16H31N5O2S.